The van der Waals surface area contributed by atoms with Crippen molar-refractivity contribution in [2.24, 2.45) is 5.92 Å². The van der Waals surface area contributed by atoms with Gasteiger partial charge in [-0.15, -0.1) is 0 Å². The lowest BCUT2D eigenvalue weighted by molar-refractivity contribution is -0.387. The molecule has 0 aromatic heterocycles. The second kappa shape index (κ2) is 7.20. The molecule has 1 aliphatic heterocycles. The molecule has 0 saturated carbocycles. The summed E-state index contributed by atoms with van der Waals surface area (Å²) in [6.45, 7) is 0.191. The van der Waals surface area contributed by atoms with Gasteiger partial charge in [-0.1, -0.05) is 12.1 Å². The molecule has 1 aliphatic rings. The summed E-state index contributed by atoms with van der Waals surface area (Å²) >= 11 is 3.38. The number of nitrogens with zero attached hydrogens (tertiary/aromatic N) is 2. The summed E-state index contributed by atoms with van der Waals surface area (Å²) in [5.41, 5.74) is 0.0558. The molecule has 0 radical (unpaired) electrons. The van der Waals surface area contributed by atoms with Crippen LogP contribution in [-0.4, -0.2) is 23.3 Å². The van der Waals surface area contributed by atoms with Gasteiger partial charge in [0.1, 0.15) is 0 Å². The number of nitro benzene ring substituents is 1. The molecule has 26 heavy (non-hydrogen) atoms. The van der Waals surface area contributed by atoms with Gasteiger partial charge in [0.05, 0.1) is 16.5 Å². The third kappa shape index (κ3) is 3.57. The first-order valence-electron chi connectivity index (χ1n) is 7.66. The second-order valence-corrected chi connectivity index (χ2v) is 6.62. The van der Waals surface area contributed by atoms with Crippen molar-refractivity contribution in [3.05, 3.63) is 62.9 Å². The molecule has 1 fully saturated rings. The standard InChI is InChI=1S/C17H13BrFN3O4/c18-12-3-1-2-4-14(12)21-9-10(7-16(21)23)17(24)20-11-5-6-13(19)15(8-11)22(25)26/h1-6,8,10H,7,9H2,(H,20,24). The highest BCUT2D eigenvalue weighted by Crippen LogP contribution is 2.32. The number of rotatable bonds is 4. The minimum absolute atomic E-state index is 0.0243. The van der Waals surface area contributed by atoms with Crippen LogP contribution in [0, 0.1) is 21.8 Å². The first-order chi connectivity index (χ1) is 12.4. The number of carbonyl (C=O) groups excluding carboxylic acids is 2. The fourth-order valence-corrected chi connectivity index (χ4v) is 3.26. The van der Waals surface area contributed by atoms with Crippen LogP contribution >= 0.6 is 15.9 Å². The largest absolute Gasteiger partial charge is 0.326 e. The summed E-state index contributed by atoms with van der Waals surface area (Å²) in [4.78, 5) is 36.1. The maximum Gasteiger partial charge on any atom is 0.306 e. The van der Waals surface area contributed by atoms with E-state index in [1.807, 2.05) is 6.07 Å². The van der Waals surface area contributed by atoms with E-state index in [9.17, 15) is 24.1 Å². The first kappa shape index (κ1) is 18.0. The normalized spacial score (nSPS) is 16.6. The van der Waals surface area contributed by atoms with E-state index in [0.29, 0.717) is 5.69 Å². The Kier molecular flexibility index (Phi) is 4.99. The summed E-state index contributed by atoms with van der Waals surface area (Å²) in [7, 11) is 0. The monoisotopic (exact) mass is 421 g/mol. The number of anilines is 2. The van der Waals surface area contributed by atoms with Crippen molar-refractivity contribution in [3.8, 4) is 0 Å². The fourth-order valence-electron chi connectivity index (χ4n) is 2.76. The molecular formula is C17H13BrFN3O4. The average Bonchev–Trinajstić information content (AvgIpc) is 2.98. The molecule has 3 rings (SSSR count). The number of hydrogen-bond acceptors (Lipinski definition) is 4. The van der Waals surface area contributed by atoms with Crippen molar-refractivity contribution in [2.75, 3.05) is 16.8 Å². The number of nitrogens with one attached hydrogen (secondary N) is 1. The highest BCUT2D eigenvalue weighted by atomic mass is 79.9. The molecule has 1 saturated heterocycles. The van der Waals surface area contributed by atoms with Gasteiger partial charge in [-0.25, -0.2) is 0 Å². The summed E-state index contributed by atoms with van der Waals surface area (Å²) in [5.74, 6) is -2.24. The van der Waals surface area contributed by atoms with Crippen molar-refractivity contribution in [1.29, 1.82) is 0 Å². The molecule has 0 spiro atoms. The highest BCUT2D eigenvalue weighted by Gasteiger charge is 2.36. The summed E-state index contributed by atoms with van der Waals surface area (Å²) in [6, 6.07) is 10.3. The molecule has 2 aromatic carbocycles. The van der Waals surface area contributed by atoms with Crippen LogP contribution in [-0.2, 0) is 9.59 Å². The first-order valence-corrected chi connectivity index (χ1v) is 8.46. The molecule has 2 amide bonds. The van der Waals surface area contributed by atoms with Gasteiger partial charge in [0.2, 0.25) is 17.6 Å². The maximum atomic E-state index is 13.4. The van der Waals surface area contributed by atoms with Crippen LogP contribution < -0.4 is 10.2 Å². The molecule has 0 bridgehead atoms. The van der Waals surface area contributed by atoms with Gasteiger partial charge in [-0.3, -0.25) is 19.7 Å². The molecule has 134 valence electrons. The Morgan fingerprint density at radius 1 is 1.31 bits per heavy atom. The van der Waals surface area contributed by atoms with Gasteiger partial charge in [0, 0.05) is 29.2 Å². The zero-order chi connectivity index (χ0) is 18.8. The van der Waals surface area contributed by atoms with Crippen LogP contribution in [0.3, 0.4) is 0 Å². The van der Waals surface area contributed by atoms with Gasteiger partial charge in [-0.05, 0) is 40.2 Å². The van der Waals surface area contributed by atoms with E-state index >= 15 is 0 Å². The molecule has 9 heteroatoms. The maximum absolute atomic E-state index is 13.4. The number of amides is 2. The van der Waals surface area contributed by atoms with E-state index in [4.69, 9.17) is 0 Å². The van der Waals surface area contributed by atoms with Gasteiger partial charge in [0.25, 0.3) is 0 Å². The SMILES string of the molecule is O=C(Nc1ccc(F)c([N+](=O)[O-])c1)C1CC(=O)N(c2ccccc2Br)C1. The third-order valence-electron chi connectivity index (χ3n) is 4.05. The van der Waals surface area contributed by atoms with Crippen LogP contribution in [0.15, 0.2) is 46.9 Å². The molecular weight excluding hydrogens is 409 g/mol. The van der Waals surface area contributed by atoms with E-state index in [1.165, 1.54) is 11.0 Å². The second-order valence-electron chi connectivity index (χ2n) is 5.77. The number of carbonyl (C=O) groups is 2. The van der Waals surface area contributed by atoms with Crippen molar-refractivity contribution in [1.82, 2.24) is 0 Å². The molecule has 0 aliphatic carbocycles. The van der Waals surface area contributed by atoms with Crippen LogP contribution in [0.4, 0.5) is 21.5 Å². The van der Waals surface area contributed by atoms with E-state index in [1.54, 1.807) is 18.2 Å². The predicted molar refractivity (Wildman–Crippen MR) is 96.3 cm³/mol. The Morgan fingerprint density at radius 3 is 2.73 bits per heavy atom. The van der Waals surface area contributed by atoms with E-state index in [2.05, 4.69) is 21.2 Å². The molecule has 1 N–H and O–H groups in total. The number of benzene rings is 2. The molecule has 1 atom stereocenters. The Balaban J connectivity index is 1.74. The van der Waals surface area contributed by atoms with E-state index in [-0.39, 0.29) is 24.6 Å². The molecule has 7 nitrogen and oxygen atoms in total. The highest BCUT2D eigenvalue weighted by molar-refractivity contribution is 9.10. The summed E-state index contributed by atoms with van der Waals surface area (Å²) < 4.78 is 14.1. The predicted octanol–water partition coefficient (Wildman–Crippen LogP) is 3.49. The Labute approximate surface area is 156 Å². The number of para-hydroxylation sites is 1. The minimum atomic E-state index is -0.982. The molecule has 1 unspecified atom stereocenters. The van der Waals surface area contributed by atoms with Crippen molar-refractivity contribution in [3.63, 3.8) is 0 Å². The smallest absolute Gasteiger partial charge is 0.306 e. The lowest BCUT2D eigenvalue weighted by atomic mass is 10.1. The number of nitro groups is 1. The van der Waals surface area contributed by atoms with Gasteiger partial charge in [-0.2, -0.15) is 4.39 Å². The average molecular weight is 422 g/mol. The lowest BCUT2D eigenvalue weighted by Gasteiger charge is -2.18. The summed E-state index contributed by atoms with van der Waals surface area (Å²) in [6.07, 6.45) is 0.0243. The Morgan fingerprint density at radius 2 is 2.04 bits per heavy atom. The summed E-state index contributed by atoms with van der Waals surface area (Å²) in [5, 5.41) is 13.3. The lowest BCUT2D eigenvalue weighted by Crippen LogP contribution is -2.28. The number of hydrogen-bond donors (Lipinski definition) is 1. The van der Waals surface area contributed by atoms with Gasteiger partial charge >= 0.3 is 5.69 Å². The minimum Gasteiger partial charge on any atom is -0.326 e. The van der Waals surface area contributed by atoms with Gasteiger partial charge in [0.15, 0.2) is 0 Å². The fraction of sp³-hybridized carbons (Fsp3) is 0.176. The topological polar surface area (TPSA) is 92.5 Å². The van der Waals surface area contributed by atoms with E-state index < -0.39 is 28.3 Å². The van der Waals surface area contributed by atoms with Crippen molar-refractivity contribution >= 4 is 44.8 Å². The zero-order valence-corrected chi connectivity index (χ0v) is 14.9. The Bertz CT molecular complexity index is 905. The molecule has 2 aromatic rings. The number of halogens is 2. The van der Waals surface area contributed by atoms with Crippen LogP contribution in [0.25, 0.3) is 0 Å². The van der Waals surface area contributed by atoms with Crippen LogP contribution in [0.1, 0.15) is 6.42 Å². The van der Waals surface area contributed by atoms with Crippen LogP contribution in [0.5, 0.6) is 0 Å². The van der Waals surface area contributed by atoms with Crippen molar-refractivity contribution in [2.45, 2.75) is 6.42 Å². The van der Waals surface area contributed by atoms with E-state index in [0.717, 1.165) is 16.6 Å². The zero-order valence-electron chi connectivity index (χ0n) is 13.3. The Hall–Kier alpha value is -2.81. The molecule has 1 heterocycles. The van der Waals surface area contributed by atoms with Crippen LogP contribution in [0.2, 0.25) is 0 Å². The quantitative estimate of drug-likeness (QED) is 0.603. The van der Waals surface area contributed by atoms with Gasteiger partial charge < -0.3 is 10.2 Å². The third-order valence-corrected chi connectivity index (χ3v) is 4.72. The van der Waals surface area contributed by atoms with Crippen molar-refractivity contribution < 1.29 is 18.9 Å².